The van der Waals surface area contributed by atoms with Gasteiger partial charge < -0.3 is 14.2 Å². The van der Waals surface area contributed by atoms with E-state index >= 15 is 0 Å². The fraction of sp³-hybridized carbons (Fsp3) is 0.136. The van der Waals surface area contributed by atoms with Crippen LogP contribution in [0.15, 0.2) is 56.6 Å². The zero-order valence-corrected chi connectivity index (χ0v) is 17.8. The number of benzene rings is 2. The first-order valence-corrected chi connectivity index (χ1v) is 9.58. The van der Waals surface area contributed by atoms with Crippen LogP contribution in [-0.2, 0) is 4.79 Å². The van der Waals surface area contributed by atoms with Gasteiger partial charge in [0.2, 0.25) is 5.75 Å². The highest BCUT2D eigenvalue weighted by Crippen LogP contribution is 2.38. The molecule has 0 unspecified atom stereocenters. The molecule has 168 valence electrons. The van der Waals surface area contributed by atoms with Gasteiger partial charge in [0, 0.05) is 0 Å². The summed E-state index contributed by atoms with van der Waals surface area (Å²) in [5.74, 6) is -0.143. The van der Waals surface area contributed by atoms with Crippen molar-refractivity contribution in [3.8, 4) is 17.2 Å². The van der Waals surface area contributed by atoms with E-state index in [1.54, 1.807) is 24.3 Å². The topological polar surface area (TPSA) is 141 Å². The molecule has 0 radical (unpaired) electrons. The SMILES string of the molecule is COc1cc(/C=C2\C(=O)NC(=O)N=C2n2[nH]c(=O)c3ccccc3c2=O)cc(OC)c1OC. The van der Waals surface area contributed by atoms with Crippen LogP contribution < -0.4 is 30.6 Å². The number of urea groups is 1. The van der Waals surface area contributed by atoms with Crippen LogP contribution in [0.25, 0.3) is 16.8 Å². The number of aliphatic imine (C=N–C) groups is 1. The molecule has 0 aliphatic carbocycles. The van der Waals surface area contributed by atoms with Gasteiger partial charge in [-0.1, -0.05) is 12.1 Å². The van der Waals surface area contributed by atoms with Crippen molar-refractivity contribution < 1.29 is 23.8 Å². The number of amides is 3. The quantitative estimate of drug-likeness (QED) is 0.571. The lowest BCUT2D eigenvalue weighted by Crippen LogP contribution is -2.44. The molecule has 0 bridgehead atoms. The van der Waals surface area contributed by atoms with Crippen molar-refractivity contribution in [3.05, 3.63) is 68.2 Å². The highest BCUT2D eigenvalue weighted by atomic mass is 16.5. The highest BCUT2D eigenvalue weighted by molar-refractivity contribution is 6.31. The molecule has 11 nitrogen and oxygen atoms in total. The van der Waals surface area contributed by atoms with Gasteiger partial charge in [0.25, 0.3) is 17.0 Å². The summed E-state index contributed by atoms with van der Waals surface area (Å²) in [5, 5.41) is 4.73. The van der Waals surface area contributed by atoms with Gasteiger partial charge in [-0.25, -0.2) is 4.79 Å². The Hall–Kier alpha value is -4.67. The third kappa shape index (κ3) is 3.76. The lowest BCUT2D eigenvalue weighted by Gasteiger charge is -2.17. The molecule has 2 heterocycles. The molecule has 11 heteroatoms. The molecule has 0 spiro atoms. The minimum absolute atomic E-state index is 0.106. The Balaban J connectivity index is 1.96. The predicted molar refractivity (Wildman–Crippen MR) is 119 cm³/mol. The molecule has 0 atom stereocenters. The second kappa shape index (κ2) is 8.46. The minimum Gasteiger partial charge on any atom is -0.493 e. The molecular formula is C22H18N4O7. The van der Waals surface area contributed by atoms with Crippen molar-refractivity contribution >= 4 is 34.6 Å². The van der Waals surface area contributed by atoms with Gasteiger partial charge in [-0.2, -0.15) is 9.67 Å². The van der Waals surface area contributed by atoms with Crippen molar-refractivity contribution in [1.29, 1.82) is 0 Å². The molecule has 4 rings (SSSR count). The smallest absolute Gasteiger partial charge is 0.349 e. The van der Waals surface area contributed by atoms with Crippen molar-refractivity contribution in [3.63, 3.8) is 0 Å². The average molecular weight is 450 g/mol. The second-order valence-corrected chi connectivity index (χ2v) is 6.84. The lowest BCUT2D eigenvalue weighted by atomic mass is 10.1. The van der Waals surface area contributed by atoms with Gasteiger partial charge in [0.1, 0.15) is 0 Å². The number of carbonyl (C=O) groups is 2. The maximum absolute atomic E-state index is 13.1. The highest BCUT2D eigenvalue weighted by Gasteiger charge is 2.28. The van der Waals surface area contributed by atoms with Crippen LogP contribution in [0.1, 0.15) is 5.56 Å². The first-order chi connectivity index (χ1) is 15.9. The summed E-state index contributed by atoms with van der Waals surface area (Å²) in [6, 6.07) is 8.35. The van der Waals surface area contributed by atoms with Crippen LogP contribution >= 0.6 is 0 Å². The van der Waals surface area contributed by atoms with E-state index in [1.807, 2.05) is 0 Å². The fourth-order valence-corrected chi connectivity index (χ4v) is 3.45. The monoisotopic (exact) mass is 450 g/mol. The Morgan fingerprint density at radius 2 is 1.55 bits per heavy atom. The van der Waals surface area contributed by atoms with Gasteiger partial charge >= 0.3 is 6.03 Å². The van der Waals surface area contributed by atoms with Gasteiger partial charge in [-0.05, 0) is 35.9 Å². The van der Waals surface area contributed by atoms with Crippen LogP contribution in [0.2, 0.25) is 0 Å². The van der Waals surface area contributed by atoms with Gasteiger partial charge in [0.05, 0.1) is 37.7 Å². The van der Waals surface area contributed by atoms with Crippen molar-refractivity contribution in [1.82, 2.24) is 15.1 Å². The van der Waals surface area contributed by atoms with E-state index < -0.39 is 23.1 Å². The first kappa shape index (κ1) is 21.6. The summed E-state index contributed by atoms with van der Waals surface area (Å²) < 4.78 is 16.7. The molecule has 1 aliphatic heterocycles. The number of aromatic amines is 1. The van der Waals surface area contributed by atoms with E-state index in [4.69, 9.17) is 14.2 Å². The number of imide groups is 1. The predicted octanol–water partition coefficient (Wildman–Crippen LogP) is 1.30. The first-order valence-electron chi connectivity index (χ1n) is 9.58. The van der Waals surface area contributed by atoms with Crippen molar-refractivity contribution in [2.75, 3.05) is 21.3 Å². The molecule has 3 aromatic rings. The molecule has 0 saturated heterocycles. The Kier molecular flexibility index (Phi) is 5.53. The Bertz CT molecular complexity index is 1460. The van der Waals surface area contributed by atoms with E-state index in [9.17, 15) is 19.2 Å². The van der Waals surface area contributed by atoms with Crippen LogP contribution in [0.5, 0.6) is 17.2 Å². The Labute approximate surface area is 185 Å². The fourth-order valence-electron chi connectivity index (χ4n) is 3.45. The van der Waals surface area contributed by atoms with Gasteiger partial charge in [-0.3, -0.25) is 24.8 Å². The number of hydrogen-bond acceptors (Lipinski definition) is 7. The third-order valence-corrected chi connectivity index (χ3v) is 4.94. The van der Waals surface area contributed by atoms with Crippen molar-refractivity contribution in [2.24, 2.45) is 4.99 Å². The molecule has 33 heavy (non-hydrogen) atoms. The molecule has 1 aliphatic rings. The average Bonchev–Trinajstić information content (AvgIpc) is 2.82. The number of aromatic nitrogens is 2. The molecular weight excluding hydrogens is 432 g/mol. The maximum Gasteiger partial charge on any atom is 0.349 e. The van der Waals surface area contributed by atoms with Gasteiger partial charge in [0.15, 0.2) is 17.3 Å². The molecule has 3 amide bonds. The summed E-state index contributed by atoms with van der Waals surface area (Å²) in [4.78, 5) is 54.1. The molecule has 0 saturated carbocycles. The second-order valence-electron chi connectivity index (χ2n) is 6.84. The number of H-pyrrole nitrogens is 1. The minimum atomic E-state index is -0.974. The Morgan fingerprint density at radius 1 is 0.909 bits per heavy atom. The number of nitrogens with one attached hydrogen (secondary N) is 2. The third-order valence-electron chi connectivity index (χ3n) is 4.94. The summed E-state index contributed by atoms with van der Waals surface area (Å²) >= 11 is 0. The number of hydrogen-bond donors (Lipinski definition) is 2. The summed E-state index contributed by atoms with van der Waals surface area (Å²) in [6.07, 6.45) is 1.38. The number of ether oxygens (including phenoxy) is 3. The molecule has 2 N–H and O–H groups in total. The summed E-state index contributed by atoms with van der Waals surface area (Å²) in [5.41, 5.74) is -0.953. The summed E-state index contributed by atoms with van der Waals surface area (Å²) in [6.45, 7) is 0. The maximum atomic E-state index is 13.1. The van der Waals surface area contributed by atoms with Crippen LogP contribution in [0, 0.1) is 0 Å². The van der Waals surface area contributed by atoms with Gasteiger partial charge in [-0.15, -0.1) is 0 Å². The van der Waals surface area contributed by atoms with E-state index in [-0.39, 0.29) is 22.2 Å². The standard InChI is InChI=1S/C22H18N4O7/c1-31-15-9-11(10-16(32-2)17(15)33-3)8-14-18(23-22(30)24-19(14)27)26-21(29)13-7-5-4-6-12(13)20(28)25-26/h4-10H,1-3H3,(H,25,28)(H,24,27,30)/b14-8-. The van der Waals surface area contributed by atoms with Crippen molar-refractivity contribution in [2.45, 2.75) is 0 Å². The number of carbonyl (C=O) groups excluding carboxylic acids is 2. The van der Waals surface area contributed by atoms with Crippen LogP contribution in [0.4, 0.5) is 4.79 Å². The zero-order chi connectivity index (χ0) is 23.7. The normalized spacial score (nSPS) is 14.8. The van der Waals surface area contributed by atoms with E-state index in [0.717, 1.165) is 4.68 Å². The summed E-state index contributed by atoms with van der Waals surface area (Å²) in [7, 11) is 4.32. The van der Waals surface area contributed by atoms with E-state index in [1.165, 1.54) is 39.5 Å². The number of fused-ring (bicyclic) bond motifs is 1. The van der Waals surface area contributed by atoms with E-state index in [2.05, 4.69) is 15.4 Å². The zero-order valence-electron chi connectivity index (χ0n) is 17.8. The number of rotatable bonds is 4. The van der Waals surface area contributed by atoms with Crippen LogP contribution in [0.3, 0.4) is 0 Å². The number of nitrogens with zero attached hydrogens (tertiary/aromatic N) is 2. The largest absolute Gasteiger partial charge is 0.493 e. The number of methoxy groups -OCH3 is 3. The molecule has 2 aromatic carbocycles. The lowest BCUT2D eigenvalue weighted by molar-refractivity contribution is -0.116. The van der Waals surface area contributed by atoms with E-state index in [0.29, 0.717) is 22.8 Å². The van der Waals surface area contributed by atoms with Crippen LogP contribution in [-0.4, -0.2) is 48.9 Å². The molecule has 0 fully saturated rings. The molecule has 1 aromatic heterocycles. The Morgan fingerprint density at radius 3 is 2.15 bits per heavy atom.